The number of hydrazone groups is 1. The standard InChI is InChI=1S/C12H15N7O.C5H12O.CH5N/c13-4-5-17-19-9-3-1-2-8(6-9)18-11(15)10(7-14)12(16)20;1-3-5-6-4-2;1-2/h1-7,13,19H,14H2,(H2,15,18)(H2,16,20);3-5H2,1-2H3;2H2,1H3/b10-7+,13-4?,17-5-;;. The predicted molar refractivity (Wildman–Crippen MR) is 117 cm³/mol. The van der Waals surface area contributed by atoms with Crippen molar-refractivity contribution in [2.45, 2.75) is 20.3 Å². The van der Waals surface area contributed by atoms with E-state index in [1.54, 1.807) is 24.3 Å². The molecule has 0 spiro atoms. The average molecular weight is 393 g/mol. The molecule has 1 rings (SSSR count). The number of nitrogens with zero attached hydrogens (tertiary/aromatic N) is 2. The number of primary amides is 1. The first-order valence-electron chi connectivity index (χ1n) is 8.59. The second-order valence-electron chi connectivity index (χ2n) is 4.75. The monoisotopic (exact) mass is 392 g/mol. The first kappa shape index (κ1) is 27.0. The van der Waals surface area contributed by atoms with Crippen molar-refractivity contribution in [2.24, 2.45) is 33.0 Å². The van der Waals surface area contributed by atoms with Crippen LogP contribution in [0, 0.1) is 5.41 Å². The summed E-state index contributed by atoms with van der Waals surface area (Å²) in [6.07, 6.45) is 4.47. The van der Waals surface area contributed by atoms with Crippen LogP contribution in [0.4, 0.5) is 11.4 Å². The van der Waals surface area contributed by atoms with Crippen molar-refractivity contribution in [3.05, 3.63) is 36.0 Å². The van der Waals surface area contributed by atoms with Gasteiger partial charge in [-0.3, -0.25) is 10.2 Å². The molecule has 156 valence electrons. The quantitative estimate of drug-likeness (QED) is 0.120. The smallest absolute Gasteiger partial charge is 0.253 e. The molecular formula is C18H32N8O2. The van der Waals surface area contributed by atoms with Crippen LogP contribution < -0.4 is 28.4 Å². The fourth-order valence-electron chi connectivity index (χ4n) is 1.58. The van der Waals surface area contributed by atoms with Crippen molar-refractivity contribution in [3.63, 3.8) is 0 Å². The molecule has 0 aliphatic heterocycles. The summed E-state index contributed by atoms with van der Waals surface area (Å²) in [6.45, 7) is 5.88. The Morgan fingerprint density at radius 3 is 2.43 bits per heavy atom. The molecule has 0 atom stereocenters. The Kier molecular flexibility index (Phi) is 17.9. The minimum atomic E-state index is -0.751. The molecule has 0 saturated heterocycles. The number of nitrogens with two attached hydrogens (primary N) is 4. The zero-order valence-corrected chi connectivity index (χ0v) is 16.7. The van der Waals surface area contributed by atoms with E-state index in [1.807, 2.05) is 6.92 Å². The number of ether oxygens (including phenoxy) is 1. The highest BCUT2D eigenvalue weighted by atomic mass is 16.5. The molecular weight excluding hydrogens is 360 g/mol. The van der Waals surface area contributed by atoms with Crippen LogP contribution in [-0.2, 0) is 9.53 Å². The molecule has 0 radical (unpaired) electrons. The van der Waals surface area contributed by atoms with Crippen LogP contribution in [0.1, 0.15) is 20.3 Å². The van der Waals surface area contributed by atoms with Crippen molar-refractivity contribution >= 4 is 35.5 Å². The summed E-state index contributed by atoms with van der Waals surface area (Å²) in [4.78, 5) is 15.1. The SMILES string of the molecule is CCCOCC.CN.N=C/C=N\Nc1cccc(N=C(N)/C(=C\N)C(N)=O)c1. The number of anilines is 1. The Morgan fingerprint density at radius 1 is 1.29 bits per heavy atom. The van der Waals surface area contributed by atoms with Crippen molar-refractivity contribution in [1.29, 1.82) is 5.41 Å². The predicted octanol–water partition coefficient (Wildman–Crippen LogP) is 1.06. The third-order valence-corrected chi connectivity index (χ3v) is 2.70. The summed E-state index contributed by atoms with van der Waals surface area (Å²) in [5, 5.41) is 10.6. The molecule has 1 aromatic rings. The Labute approximate surface area is 166 Å². The first-order chi connectivity index (χ1) is 13.5. The van der Waals surface area contributed by atoms with Gasteiger partial charge in [-0.25, -0.2) is 4.99 Å². The summed E-state index contributed by atoms with van der Waals surface area (Å²) in [5.41, 5.74) is 24.3. The molecule has 10 heteroatoms. The summed E-state index contributed by atoms with van der Waals surface area (Å²) >= 11 is 0. The molecule has 0 aromatic heterocycles. The molecule has 0 aliphatic rings. The number of amidine groups is 1. The average Bonchev–Trinajstić information content (AvgIpc) is 2.69. The highest BCUT2D eigenvalue weighted by Crippen LogP contribution is 2.18. The van der Waals surface area contributed by atoms with Gasteiger partial charge in [0.25, 0.3) is 5.91 Å². The van der Waals surface area contributed by atoms with Crippen LogP contribution in [-0.4, -0.2) is 44.4 Å². The van der Waals surface area contributed by atoms with E-state index in [0.29, 0.717) is 11.4 Å². The largest absolute Gasteiger partial charge is 0.404 e. The van der Waals surface area contributed by atoms with Gasteiger partial charge in [0.2, 0.25) is 0 Å². The number of carbonyl (C=O) groups excluding carboxylic acids is 1. The molecule has 0 unspecified atom stereocenters. The number of hydrogen-bond acceptors (Lipinski definition) is 8. The highest BCUT2D eigenvalue weighted by molar-refractivity contribution is 6.20. The fraction of sp³-hybridized carbons (Fsp3) is 0.333. The number of hydrogen-bond donors (Lipinski definition) is 6. The molecule has 28 heavy (non-hydrogen) atoms. The third-order valence-electron chi connectivity index (χ3n) is 2.70. The topological polar surface area (TPSA) is 191 Å². The molecule has 1 amide bonds. The van der Waals surface area contributed by atoms with E-state index in [2.05, 4.69) is 28.2 Å². The lowest BCUT2D eigenvalue weighted by molar-refractivity contribution is -0.114. The summed E-state index contributed by atoms with van der Waals surface area (Å²) < 4.78 is 4.98. The second-order valence-corrected chi connectivity index (χ2v) is 4.75. The van der Waals surface area contributed by atoms with Gasteiger partial charge in [0.15, 0.2) is 0 Å². The number of amides is 1. The zero-order chi connectivity index (χ0) is 21.8. The van der Waals surface area contributed by atoms with Gasteiger partial charge in [0, 0.05) is 25.6 Å². The van der Waals surface area contributed by atoms with Gasteiger partial charge in [0.1, 0.15) is 5.84 Å². The Balaban J connectivity index is 0. The second kappa shape index (κ2) is 18.5. The minimum Gasteiger partial charge on any atom is -0.404 e. The Morgan fingerprint density at radius 2 is 1.96 bits per heavy atom. The molecule has 0 heterocycles. The van der Waals surface area contributed by atoms with Crippen molar-refractivity contribution in [3.8, 4) is 0 Å². The number of aliphatic imine (C=N–C) groups is 1. The molecule has 10 N–H and O–H groups in total. The molecule has 0 saturated carbocycles. The maximum Gasteiger partial charge on any atom is 0.253 e. The van der Waals surface area contributed by atoms with Gasteiger partial charge in [-0.05, 0) is 38.6 Å². The Bertz CT molecular complexity index is 653. The maximum atomic E-state index is 11.1. The van der Waals surface area contributed by atoms with Crippen molar-refractivity contribution < 1.29 is 9.53 Å². The molecule has 0 aliphatic carbocycles. The van der Waals surface area contributed by atoms with E-state index < -0.39 is 5.91 Å². The van der Waals surface area contributed by atoms with Crippen LogP contribution >= 0.6 is 0 Å². The lowest BCUT2D eigenvalue weighted by Crippen LogP contribution is -2.27. The minimum absolute atomic E-state index is 0.0508. The van der Waals surface area contributed by atoms with Crippen LogP contribution in [0.15, 0.2) is 46.1 Å². The van der Waals surface area contributed by atoms with E-state index in [9.17, 15) is 4.79 Å². The van der Waals surface area contributed by atoms with Gasteiger partial charge < -0.3 is 33.1 Å². The zero-order valence-electron chi connectivity index (χ0n) is 16.7. The van der Waals surface area contributed by atoms with E-state index >= 15 is 0 Å². The fourth-order valence-corrected chi connectivity index (χ4v) is 1.58. The molecule has 10 nitrogen and oxygen atoms in total. The van der Waals surface area contributed by atoms with Gasteiger partial charge >= 0.3 is 0 Å². The van der Waals surface area contributed by atoms with Crippen LogP contribution in [0.3, 0.4) is 0 Å². The van der Waals surface area contributed by atoms with Crippen molar-refractivity contribution in [2.75, 3.05) is 25.7 Å². The highest BCUT2D eigenvalue weighted by Gasteiger charge is 2.09. The number of rotatable bonds is 9. The van der Waals surface area contributed by atoms with E-state index in [-0.39, 0.29) is 11.4 Å². The maximum absolute atomic E-state index is 11.1. The van der Waals surface area contributed by atoms with Crippen LogP contribution in [0.2, 0.25) is 0 Å². The summed E-state index contributed by atoms with van der Waals surface area (Å²) in [5.74, 6) is -0.821. The van der Waals surface area contributed by atoms with Gasteiger partial charge in [-0.1, -0.05) is 13.0 Å². The van der Waals surface area contributed by atoms with E-state index in [1.165, 1.54) is 13.3 Å². The third kappa shape index (κ3) is 13.0. The van der Waals surface area contributed by atoms with Gasteiger partial charge in [-0.15, -0.1) is 0 Å². The van der Waals surface area contributed by atoms with E-state index in [4.69, 9.17) is 27.3 Å². The lowest BCUT2D eigenvalue weighted by atomic mass is 10.2. The molecule has 1 aromatic carbocycles. The van der Waals surface area contributed by atoms with Gasteiger partial charge in [-0.2, -0.15) is 5.10 Å². The molecule has 0 fully saturated rings. The van der Waals surface area contributed by atoms with Crippen molar-refractivity contribution in [1.82, 2.24) is 0 Å². The lowest BCUT2D eigenvalue weighted by Gasteiger charge is -2.04. The van der Waals surface area contributed by atoms with Crippen LogP contribution in [0.25, 0.3) is 0 Å². The first-order valence-corrected chi connectivity index (χ1v) is 8.59. The number of nitrogens with one attached hydrogen (secondary N) is 2. The summed E-state index contributed by atoms with van der Waals surface area (Å²) in [6, 6.07) is 6.82. The number of carbonyl (C=O) groups is 1. The molecule has 0 bridgehead atoms. The van der Waals surface area contributed by atoms with Crippen LogP contribution in [0.5, 0.6) is 0 Å². The van der Waals surface area contributed by atoms with Gasteiger partial charge in [0.05, 0.1) is 23.2 Å². The number of benzene rings is 1. The van der Waals surface area contributed by atoms with E-state index in [0.717, 1.165) is 32.0 Å². The normalized spacial score (nSPS) is 11.0. The Hall–Kier alpha value is -3.24. The summed E-state index contributed by atoms with van der Waals surface area (Å²) in [7, 11) is 1.50.